The Hall–Kier alpha value is -1.03. The summed E-state index contributed by atoms with van der Waals surface area (Å²) in [5, 5.41) is 0. The van der Waals surface area contributed by atoms with Crippen molar-refractivity contribution in [2.24, 2.45) is 11.7 Å². The van der Waals surface area contributed by atoms with E-state index in [4.69, 9.17) is 5.73 Å². The van der Waals surface area contributed by atoms with Gasteiger partial charge < -0.3 is 5.73 Å². The molecule has 1 aliphatic carbocycles. The average Bonchev–Trinajstić information content (AvgIpc) is 3.01. The Morgan fingerprint density at radius 2 is 2.29 bits per heavy atom. The van der Waals surface area contributed by atoms with E-state index in [-0.39, 0.29) is 18.0 Å². The SMILES string of the molecule is NCC(F)(c1ccncc1F)C1CC1. The number of pyridine rings is 1. The summed E-state index contributed by atoms with van der Waals surface area (Å²) in [4.78, 5) is 3.59. The summed E-state index contributed by atoms with van der Waals surface area (Å²) in [5.74, 6) is -0.725. The molecule has 0 aromatic carbocycles. The lowest BCUT2D eigenvalue weighted by molar-refractivity contribution is 0.137. The maximum atomic E-state index is 14.3. The van der Waals surface area contributed by atoms with Gasteiger partial charge in [0.1, 0.15) is 5.82 Å². The normalized spacial score (nSPS) is 20.5. The van der Waals surface area contributed by atoms with Crippen LogP contribution in [0, 0.1) is 11.7 Å². The maximum absolute atomic E-state index is 14.3. The summed E-state index contributed by atoms with van der Waals surface area (Å²) < 4.78 is 27.6. The molecule has 4 heteroatoms. The Morgan fingerprint density at radius 1 is 1.57 bits per heavy atom. The van der Waals surface area contributed by atoms with Crippen LogP contribution in [0.1, 0.15) is 18.4 Å². The van der Waals surface area contributed by atoms with E-state index in [1.165, 1.54) is 12.3 Å². The van der Waals surface area contributed by atoms with Gasteiger partial charge in [-0.3, -0.25) is 4.98 Å². The van der Waals surface area contributed by atoms with Gasteiger partial charge in [-0.15, -0.1) is 0 Å². The van der Waals surface area contributed by atoms with Gasteiger partial charge in [0.25, 0.3) is 0 Å². The lowest BCUT2D eigenvalue weighted by Gasteiger charge is -2.23. The Bertz CT molecular complexity index is 339. The van der Waals surface area contributed by atoms with Crippen LogP contribution in [0.25, 0.3) is 0 Å². The minimum Gasteiger partial charge on any atom is -0.327 e. The fourth-order valence-corrected chi connectivity index (χ4v) is 1.75. The van der Waals surface area contributed by atoms with E-state index in [9.17, 15) is 8.78 Å². The van der Waals surface area contributed by atoms with Gasteiger partial charge in [0, 0.05) is 18.3 Å². The molecule has 14 heavy (non-hydrogen) atoms. The fraction of sp³-hybridized carbons (Fsp3) is 0.500. The van der Waals surface area contributed by atoms with E-state index in [1.54, 1.807) is 0 Å². The van der Waals surface area contributed by atoms with Gasteiger partial charge in [-0.2, -0.15) is 0 Å². The molecule has 76 valence electrons. The third kappa shape index (κ3) is 1.39. The fourth-order valence-electron chi connectivity index (χ4n) is 1.75. The summed E-state index contributed by atoms with van der Waals surface area (Å²) >= 11 is 0. The molecule has 0 bridgehead atoms. The predicted octanol–water partition coefficient (Wildman–Crippen LogP) is 1.75. The smallest absolute Gasteiger partial charge is 0.153 e. The molecule has 0 amide bonds. The van der Waals surface area contributed by atoms with Crippen LogP contribution in [-0.2, 0) is 5.67 Å². The highest BCUT2D eigenvalue weighted by Gasteiger charge is 2.47. The van der Waals surface area contributed by atoms with Crippen LogP contribution >= 0.6 is 0 Å². The Labute approximate surface area is 81.1 Å². The van der Waals surface area contributed by atoms with Crippen molar-refractivity contribution < 1.29 is 8.78 Å². The molecule has 1 saturated carbocycles. The molecule has 0 saturated heterocycles. The van der Waals surface area contributed by atoms with Gasteiger partial charge in [0.05, 0.1) is 6.20 Å². The highest BCUT2D eigenvalue weighted by molar-refractivity contribution is 5.24. The molecule has 2 nitrogen and oxygen atoms in total. The largest absolute Gasteiger partial charge is 0.327 e. The predicted molar refractivity (Wildman–Crippen MR) is 48.8 cm³/mol. The Kier molecular flexibility index (Phi) is 2.23. The van der Waals surface area contributed by atoms with Crippen molar-refractivity contribution in [1.82, 2.24) is 4.98 Å². The van der Waals surface area contributed by atoms with E-state index in [0.717, 1.165) is 19.0 Å². The molecule has 0 radical (unpaired) electrons. The van der Waals surface area contributed by atoms with Crippen molar-refractivity contribution in [2.75, 3.05) is 6.54 Å². The first kappa shape index (κ1) is 9.52. The zero-order chi connectivity index (χ0) is 10.2. The van der Waals surface area contributed by atoms with Crippen LogP contribution in [-0.4, -0.2) is 11.5 Å². The Morgan fingerprint density at radius 3 is 2.79 bits per heavy atom. The van der Waals surface area contributed by atoms with Gasteiger partial charge in [0.2, 0.25) is 0 Å². The zero-order valence-electron chi connectivity index (χ0n) is 7.71. The molecule has 2 N–H and O–H groups in total. The standard InChI is InChI=1S/C10H12F2N2/c11-9-5-14-4-3-8(9)10(12,6-13)7-1-2-7/h3-5,7H,1-2,6,13H2. The molecule has 1 heterocycles. The molecule has 0 spiro atoms. The highest BCUT2D eigenvalue weighted by atomic mass is 19.1. The molecule has 1 atom stereocenters. The van der Waals surface area contributed by atoms with Crippen LogP contribution in [0.15, 0.2) is 18.5 Å². The van der Waals surface area contributed by atoms with Crippen LogP contribution in [0.4, 0.5) is 8.78 Å². The quantitative estimate of drug-likeness (QED) is 0.803. The molecule has 1 aliphatic rings. The summed E-state index contributed by atoms with van der Waals surface area (Å²) in [6, 6.07) is 1.38. The van der Waals surface area contributed by atoms with Crippen LogP contribution in [0.3, 0.4) is 0 Å². The second-order valence-corrected chi connectivity index (χ2v) is 3.70. The lowest BCUT2D eigenvalue weighted by atomic mass is 9.91. The van der Waals surface area contributed by atoms with Crippen molar-refractivity contribution in [1.29, 1.82) is 0 Å². The molecular formula is C10H12F2N2. The molecule has 0 aliphatic heterocycles. The molecular weight excluding hydrogens is 186 g/mol. The molecule has 1 aromatic heterocycles. The summed E-state index contributed by atoms with van der Waals surface area (Å²) in [7, 11) is 0. The van der Waals surface area contributed by atoms with Crippen LogP contribution < -0.4 is 5.73 Å². The van der Waals surface area contributed by atoms with E-state index < -0.39 is 11.5 Å². The van der Waals surface area contributed by atoms with Gasteiger partial charge in [-0.25, -0.2) is 8.78 Å². The van der Waals surface area contributed by atoms with E-state index in [1.807, 2.05) is 0 Å². The highest BCUT2D eigenvalue weighted by Crippen LogP contribution is 2.48. The number of rotatable bonds is 3. The lowest BCUT2D eigenvalue weighted by Crippen LogP contribution is -2.33. The number of nitrogens with zero attached hydrogens (tertiary/aromatic N) is 1. The first-order valence-corrected chi connectivity index (χ1v) is 4.67. The van der Waals surface area contributed by atoms with E-state index >= 15 is 0 Å². The van der Waals surface area contributed by atoms with E-state index in [0.29, 0.717) is 0 Å². The number of hydrogen-bond donors (Lipinski definition) is 1. The second-order valence-electron chi connectivity index (χ2n) is 3.70. The first-order valence-electron chi connectivity index (χ1n) is 4.67. The van der Waals surface area contributed by atoms with Gasteiger partial charge in [-0.05, 0) is 24.8 Å². The van der Waals surface area contributed by atoms with Crippen LogP contribution in [0.2, 0.25) is 0 Å². The molecule has 1 unspecified atom stereocenters. The second kappa shape index (κ2) is 3.28. The average molecular weight is 198 g/mol. The zero-order valence-corrected chi connectivity index (χ0v) is 7.71. The van der Waals surface area contributed by atoms with Crippen molar-refractivity contribution in [3.05, 3.63) is 29.8 Å². The van der Waals surface area contributed by atoms with Crippen molar-refractivity contribution in [2.45, 2.75) is 18.5 Å². The van der Waals surface area contributed by atoms with Gasteiger partial charge in [0.15, 0.2) is 5.67 Å². The van der Waals surface area contributed by atoms with Gasteiger partial charge >= 0.3 is 0 Å². The number of hydrogen-bond acceptors (Lipinski definition) is 2. The third-order valence-corrected chi connectivity index (χ3v) is 2.74. The Balaban J connectivity index is 2.40. The summed E-state index contributed by atoms with van der Waals surface area (Å²) in [6.45, 7) is -0.168. The molecule has 1 fully saturated rings. The number of alkyl halides is 1. The summed E-state index contributed by atoms with van der Waals surface area (Å²) in [5.41, 5.74) is 3.74. The molecule has 1 aromatic rings. The molecule has 2 rings (SSSR count). The van der Waals surface area contributed by atoms with Crippen LogP contribution in [0.5, 0.6) is 0 Å². The minimum atomic E-state index is -1.70. The number of nitrogens with two attached hydrogens (primary N) is 1. The third-order valence-electron chi connectivity index (χ3n) is 2.74. The van der Waals surface area contributed by atoms with Crippen molar-refractivity contribution in [3.8, 4) is 0 Å². The van der Waals surface area contributed by atoms with E-state index in [2.05, 4.69) is 4.98 Å². The van der Waals surface area contributed by atoms with Gasteiger partial charge in [-0.1, -0.05) is 0 Å². The minimum absolute atomic E-state index is 0.0532. The van der Waals surface area contributed by atoms with Crippen molar-refractivity contribution >= 4 is 0 Å². The van der Waals surface area contributed by atoms with Crippen molar-refractivity contribution in [3.63, 3.8) is 0 Å². The summed E-state index contributed by atoms with van der Waals surface area (Å²) in [6.07, 6.45) is 4.00. The first-order chi connectivity index (χ1) is 6.68. The number of aromatic nitrogens is 1. The maximum Gasteiger partial charge on any atom is 0.153 e. The monoisotopic (exact) mass is 198 g/mol. The topological polar surface area (TPSA) is 38.9 Å². The number of halogens is 2.